The molecule has 0 saturated carbocycles. The molecule has 3 N–H and O–H groups in total. The largest absolute Gasteiger partial charge is 0.460 e. The van der Waals surface area contributed by atoms with Gasteiger partial charge in [0.2, 0.25) is 11.8 Å². The van der Waals surface area contributed by atoms with Crippen molar-refractivity contribution in [1.82, 2.24) is 9.80 Å². The molecule has 2 rings (SSSR count). The van der Waals surface area contributed by atoms with Crippen molar-refractivity contribution in [3.8, 4) is 0 Å². The molecule has 2 heterocycles. The number of anilines is 1. The number of carbonyl (C=O) groups is 4. The highest BCUT2D eigenvalue weighted by atomic mass is 32.1. The number of hydrogen-bond acceptors (Lipinski definition) is 8. The monoisotopic (exact) mass is 440 g/mol. The van der Waals surface area contributed by atoms with Crippen molar-refractivity contribution in [2.45, 2.75) is 19.8 Å². The molecule has 0 aromatic carbocycles. The molecule has 0 unspecified atom stereocenters. The van der Waals surface area contributed by atoms with E-state index >= 15 is 0 Å². The second-order valence-corrected chi connectivity index (χ2v) is 8.08. The number of nitrogens with one attached hydrogen (secondary N) is 1. The fourth-order valence-corrected chi connectivity index (χ4v) is 4.20. The van der Waals surface area contributed by atoms with E-state index in [1.165, 1.54) is 7.11 Å². The zero-order valence-corrected chi connectivity index (χ0v) is 18.3. The maximum Gasteiger partial charge on any atom is 0.341 e. The Hall–Kier alpha value is -2.50. The van der Waals surface area contributed by atoms with Crippen molar-refractivity contribution in [2.75, 3.05) is 58.9 Å². The molecule has 30 heavy (non-hydrogen) atoms. The molecule has 1 saturated heterocycles. The lowest BCUT2D eigenvalue weighted by Gasteiger charge is -2.20. The minimum Gasteiger partial charge on any atom is -0.460 e. The number of likely N-dealkylation sites (N-methyl/N-ethyl adjacent to an activating group) is 1. The molecule has 1 fully saturated rings. The van der Waals surface area contributed by atoms with Gasteiger partial charge in [0.05, 0.1) is 30.1 Å². The summed E-state index contributed by atoms with van der Waals surface area (Å²) in [6.45, 7) is 3.38. The number of rotatable bonds is 10. The lowest BCUT2D eigenvalue weighted by Crippen LogP contribution is -2.40. The van der Waals surface area contributed by atoms with Crippen molar-refractivity contribution in [3.05, 3.63) is 16.0 Å². The van der Waals surface area contributed by atoms with Crippen LogP contribution in [0.3, 0.4) is 0 Å². The van der Waals surface area contributed by atoms with Gasteiger partial charge in [0.1, 0.15) is 11.6 Å². The first-order valence-corrected chi connectivity index (χ1v) is 10.4. The molecule has 1 aromatic heterocycles. The minimum absolute atomic E-state index is 0.0202. The summed E-state index contributed by atoms with van der Waals surface area (Å²) in [5.41, 5.74) is 5.82. The van der Waals surface area contributed by atoms with Crippen LogP contribution in [-0.2, 0) is 19.1 Å². The van der Waals surface area contributed by atoms with Gasteiger partial charge in [0.25, 0.3) is 5.91 Å². The Morgan fingerprint density at radius 1 is 1.17 bits per heavy atom. The third-order valence-electron chi connectivity index (χ3n) is 4.63. The molecule has 0 bridgehead atoms. The second-order valence-electron chi connectivity index (χ2n) is 7.06. The number of likely N-dealkylation sites (tertiary alicyclic amines) is 1. The normalized spacial score (nSPS) is 13.5. The van der Waals surface area contributed by atoms with Crippen LogP contribution in [0.1, 0.15) is 38.4 Å². The summed E-state index contributed by atoms with van der Waals surface area (Å²) < 4.78 is 9.99. The smallest absolute Gasteiger partial charge is 0.341 e. The predicted octanol–water partition coefficient (Wildman–Crippen LogP) is 0.451. The topological polar surface area (TPSA) is 131 Å². The van der Waals surface area contributed by atoms with E-state index in [0.29, 0.717) is 5.56 Å². The Morgan fingerprint density at radius 2 is 1.83 bits per heavy atom. The van der Waals surface area contributed by atoms with E-state index < -0.39 is 17.8 Å². The quantitative estimate of drug-likeness (QED) is 0.399. The second kappa shape index (κ2) is 11.0. The van der Waals surface area contributed by atoms with Crippen molar-refractivity contribution in [3.63, 3.8) is 0 Å². The van der Waals surface area contributed by atoms with Gasteiger partial charge in [-0.25, -0.2) is 4.79 Å². The Morgan fingerprint density at radius 3 is 2.43 bits per heavy atom. The Balaban J connectivity index is 2.05. The fourth-order valence-electron chi connectivity index (χ4n) is 3.14. The van der Waals surface area contributed by atoms with Crippen LogP contribution in [0, 0.1) is 6.92 Å². The fraction of sp³-hybridized carbons (Fsp3) is 0.579. The van der Waals surface area contributed by atoms with Gasteiger partial charge in [-0.1, -0.05) is 0 Å². The number of hydrogen-bond donors (Lipinski definition) is 2. The molecule has 1 aliphatic heterocycles. The standard InChI is InChI=1S/C19H28N4O6S/c1-12-15(19(27)29-9-8-28-3)18(30-16(12)17(20)26)21-13(24)10-22(2)11-14(25)23-6-4-5-7-23/h4-11H2,1-3H3,(H2,20,26)(H,21,24). The Kier molecular flexibility index (Phi) is 8.75. The van der Waals surface area contributed by atoms with Crippen LogP contribution in [0.2, 0.25) is 0 Å². The summed E-state index contributed by atoms with van der Waals surface area (Å²) in [7, 11) is 3.15. The average Bonchev–Trinajstić information content (AvgIpc) is 3.30. The van der Waals surface area contributed by atoms with Crippen LogP contribution in [0.5, 0.6) is 0 Å². The number of esters is 1. The van der Waals surface area contributed by atoms with Crippen molar-refractivity contribution >= 4 is 40.0 Å². The number of amides is 3. The van der Waals surface area contributed by atoms with E-state index in [0.717, 1.165) is 37.3 Å². The maximum absolute atomic E-state index is 12.5. The molecule has 10 nitrogen and oxygen atoms in total. The minimum atomic E-state index is -0.697. The molecular formula is C19H28N4O6S. The van der Waals surface area contributed by atoms with E-state index in [1.807, 2.05) is 0 Å². The van der Waals surface area contributed by atoms with Gasteiger partial charge >= 0.3 is 5.97 Å². The van der Waals surface area contributed by atoms with Gasteiger partial charge < -0.3 is 25.4 Å². The van der Waals surface area contributed by atoms with Gasteiger partial charge in [0, 0.05) is 20.2 Å². The Labute approximate surface area is 179 Å². The molecule has 3 amide bonds. The number of thiophene rings is 1. The number of nitrogens with two attached hydrogens (primary N) is 1. The molecule has 1 aliphatic rings. The first kappa shape index (κ1) is 23.8. The van der Waals surface area contributed by atoms with Crippen LogP contribution in [0.25, 0.3) is 0 Å². The number of carbonyl (C=O) groups excluding carboxylic acids is 4. The van der Waals surface area contributed by atoms with Gasteiger partial charge in [-0.2, -0.15) is 0 Å². The molecule has 0 aliphatic carbocycles. The third kappa shape index (κ3) is 6.25. The molecule has 0 spiro atoms. The van der Waals surface area contributed by atoms with E-state index in [9.17, 15) is 19.2 Å². The van der Waals surface area contributed by atoms with Crippen LogP contribution < -0.4 is 11.1 Å². The van der Waals surface area contributed by atoms with Gasteiger partial charge in [-0.3, -0.25) is 19.3 Å². The van der Waals surface area contributed by atoms with Crippen LogP contribution >= 0.6 is 11.3 Å². The van der Waals surface area contributed by atoms with E-state index in [2.05, 4.69) is 5.32 Å². The first-order chi connectivity index (χ1) is 14.2. The van der Waals surface area contributed by atoms with E-state index in [-0.39, 0.29) is 47.7 Å². The maximum atomic E-state index is 12.5. The third-order valence-corrected chi connectivity index (χ3v) is 5.85. The van der Waals surface area contributed by atoms with E-state index in [4.69, 9.17) is 15.2 Å². The number of ether oxygens (including phenoxy) is 2. The lowest BCUT2D eigenvalue weighted by molar-refractivity contribution is -0.131. The van der Waals surface area contributed by atoms with Crippen LogP contribution in [0.4, 0.5) is 5.00 Å². The molecule has 0 atom stereocenters. The predicted molar refractivity (Wildman–Crippen MR) is 112 cm³/mol. The number of primary amides is 1. The van der Waals surface area contributed by atoms with Crippen LogP contribution in [0.15, 0.2) is 0 Å². The number of nitrogens with zero attached hydrogens (tertiary/aromatic N) is 2. The highest BCUT2D eigenvalue weighted by Crippen LogP contribution is 2.33. The molecule has 166 valence electrons. The van der Waals surface area contributed by atoms with Gasteiger partial charge in [-0.15, -0.1) is 11.3 Å². The van der Waals surface area contributed by atoms with Crippen molar-refractivity contribution < 1.29 is 28.7 Å². The molecule has 11 heteroatoms. The van der Waals surface area contributed by atoms with Gasteiger partial charge in [-0.05, 0) is 32.4 Å². The summed E-state index contributed by atoms with van der Waals surface area (Å²) in [5.74, 6) is -1.82. The zero-order chi connectivity index (χ0) is 22.3. The summed E-state index contributed by atoms with van der Waals surface area (Å²) in [6.07, 6.45) is 2.00. The lowest BCUT2D eigenvalue weighted by atomic mass is 10.1. The molecule has 0 radical (unpaired) electrons. The zero-order valence-electron chi connectivity index (χ0n) is 17.5. The first-order valence-electron chi connectivity index (χ1n) is 9.60. The van der Waals surface area contributed by atoms with Crippen LogP contribution in [-0.4, -0.2) is 87.0 Å². The summed E-state index contributed by atoms with van der Waals surface area (Å²) in [4.78, 5) is 52.4. The Bertz CT molecular complexity index is 803. The average molecular weight is 441 g/mol. The summed E-state index contributed by atoms with van der Waals surface area (Å²) in [6, 6.07) is 0. The summed E-state index contributed by atoms with van der Waals surface area (Å²) >= 11 is 0.919. The SMILES string of the molecule is COCCOC(=O)c1c(NC(=O)CN(C)CC(=O)N2CCCC2)sc(C(N)=O)c1C. The van der Waals surface area contributed by atoms with E-state index in [1.54, 1.807) is 23.8 Å². The van der Waals surface area contributed by atoms with Gasteiger partial charge in [0.15, 0.2) is 0 Å². The number of methoxy groups -OCH3 is 1. The molecular weight excluding hydrogens is 412 g/mol. The highest BCUT2D eigenvalue weighted by molar-refractivity contribution is 7.18. The van der Waals surface area contributed by atoms with Crippen molar-refractivity contribution in [2.24, 2.45) is 5.73 Å². The van der Waals surface area contributed by atoms with Crippen molar-refractivity contribution in [1.29, 1.82) is 0 Å². The molecule has 1 aromatic rings. The summed E-state index contributed by atoms with van der Waals surface area (Å²) in [5, 5.41) is 2.83. The highest BCUT2D eigenvalue weighted by Gasteiger charge is 2.26.